The number of ether oxygens (including phenoxy) is 1. The van der Waals surface area contributed by atoms with E-state index in [0.717, 1.165) is 12.8 Å². The average Bonchev–Trinajstić information content (AvgIpc) is 2.59. The van der Waals surface area contributed by atoms with Gasteiger partial charge in [0, 0.05) is 6.04 Å². The molecule has 2 rings (SSSR count). The summed E-state index contributed by atoms with van der Waals surface area (Å²) in [6.07, 6.45) is 7.64. The first kappa shape index (κ1) is 8.75. The predicted molar refractivity (Wildman–Crippen MR) is 49.2 cm³/mol. The molecule has 1 saturated heterocycles. The second kappa shape index (κ2) is 3.50. The molecular formula is C10H15NO2. The van der Waals surface area contributed by atoms with E-state index in [-0.39, 0.29) is 12.0 Å². The van der Waals surface area contributed by atoms with Gasteiger partial charge in [0.25, 0.3) is 0 Å². The predicted octanol–water partition coefficient (Wildman–Crippen LogP) is 0.856. The molecule has 0 radical (unpaired) electrons. The minimum absolute atomic E-state index is 0.0808. The maximum Gasteiger partial charge on any atom is 0.322 e. The number of rotatable bonds is 1. The van der Waals surface area contributed by atoms with Crippen LogP contribution in [0.3, 0.4) is 0 Å². The lowest BCUT2D eigenvalue weighted by atomic mass is 9.90. The summed E-state index contributed by atoms with van der Waals surface area (Å²) in [6, 6.07) is 0.320. The van der Waals surface area contributed by atoms with Gasteiger partial charge in [0.2, 0.25) is 0 Å². The Morgan fingerprint density at radius 2 is 2.46 bits per heavy atom. The number of nitrogens with one attached hydrogen (secondary N) is 1. The summed E-state index contributed by atoms with van der Waals surface area (Å²) in [4.78, 5) is 11.2. The molecule has 1 aliphatic heterocycles. The molecule has 1 unspecified atom stereocenters. The first-order chi connectivity index (χ1) is 6.31. The van der Waals surface area contributed by atoms with E-state index in [0.29, 0.717) is 12.0 Å². The molecule has 1 aliphatic carbocycles. The maximum absolute atomic E-state index is 11.2. The van der Waals surface area contributed by atoms with Crippen LogP contribution < -0.4 is 5.32 Å². The first-order valence-electron chi connectivity index (χ1n) is 4.82. The lowest BCUT2D eigenvalue weighted by Gasteiger charge is -2.18. The fourth-order valence-electron chi connectivity index (χ4n) is 2.26. The third-order valence-electron chi connectivity index (χ3n) is 2.97. The van der Waals surface area contributed by atoms with Crippen molar-refractivity contribution in [3.8, 4) is 0 Å². The normalized spacial score (nSPS) is 37.2. The van der Waals surface area contributed by atoms with Gasteiger partial charge in [-0.3, -0.25) is 10.1 Å². The fraction of sp³-hybridized carbons (Fsp3) is 0.700. The number of carbonyl (C=O) groups excluding carboxylic acids is 1. The number of carbonyl (C=O) groups is 1. The molecule has 1 heterocycles. The topological polar surface area (TPSA) is 38.3 Å². The van der Waals surface area contributed by atoms with E-state index in [1.165, 1.54) is 13.5 Å². The van der Waals surface area contributed by atoms with Crippen LogP contribution in [0.1, 0.15) is 19.3 Å². The van der Waals surface area contributed by atoms with Gasteiger partial charge in [-0.25, -0.2) is 0 Å². The van der Waals surface area contributed by atoms with Crippen LogP contribution in [-0.4, -0.2) is 25.2 Å². The highest BCUT2D eigenvalue weighted by molar-refractivity contribution is 5.76. The zero-order valence-electron chi connectivity index (χ0n) is 7.82. The molecule has 2 aliphatic rings. The molecule has 0 aromatic rings. The molecule has 0 bridgehead atoms. The standard InChI is InChI=1S/C10H15NO2/c1-13-10(12)9-6-7-4-2-3-5-8(7)11-9/h3,5,7-9,11H,2,4,6H2,1H3/t7-,8?,9+/m1/s1. The molecule has 0 aromatic heterocycles. The van der Waals surface area contributed by atoms with E-state index in [1.807, 2.05) is 0 Å². The van der Waals surface area contributed by atoms with Crippen LogP contribution in [0.15, 0.2) is 12.2 Å². The van der Waals surface area contributed by atoms with Crippen molar-refractivity contribution in [1.82, 2.24) is 5.32 Å². The Balaban J connectivity index is 2.00. The third kappa shape index (κ3) is 1.61. The second-order valence-corrected chi connectivity index (χ2v) is 3.77. The number of allylic oxidation sites excluding steroid dienone is 1. The van der Waals surface area contributed by atoms with E-state index in [1.54, 1.807) is 0 Å². The molecule has 3 heteroatoms. The smallest absolute Gasteiger partial charge is 0.322 e. The van der Waals surface area contributed by atoms with Crippen molar-refractivity contribution in [2.24, 2.45) is 5.92 Å². The van der Waals surface area contributed by atoms with E-state index in [2.05, 4.69) is 17.5 Å². The van der Waals surface area contributed by atoms with Gasteiger partial charge < -0.3 is 4.74 Å². The average molecular weight is 181 g/mol. The Hall–Kier alpha value is -0.830. The number of fused-ring (bicyclic) bond motifs is 1. The largest absolute Gasteiger partial charge is 0.468 e. The molecule has 1 N–H and O–H groups in total. The third-order valence-corrected chi connectivity index (χ3v) is 2.97. The molecule has 3 atom stereocenters. The van der Waals surface area contributed by atoms with E-state index >= 15 is 0 Å². The summed E-state index contributed by atoms with van der Waals surface area (Å²) in [5.74, 6) is 0.511. The van der Waals surface area contributed by atoms with Crippen LogP contribution in [0, 0.1) is 5.92 Å². The monoisotopic (exact) mass is 181 g/mol. The van der Waals surface area contributed by atoms with Crippen molar-refractivity contribution in [3.63, 3.8) is 0 Å². The Bertz CT molecular complexity index is 237. The van der Waals surface area contributed by atoms with Crippen LogP contribution >= 0.6 is 0 Å². The zero-order valence-corrected chi connectivity index (χ0v) is 7.82. The van der Waals surface area contributed by atoms with Crippen molar-refractivity contribution >= 4 is 5.97 Å². The minimum Gasteiger partial charge on any atom is -0.468 e. The van der Waals surface area contributed by atoms with Crippen molar-refractivity contribution in [2.75, 3.05) is 7.11 Å². The molecular weight excluding hydrogens is 166 g/mol. The Morgan fingerprint density at radius 3 is 3.15 bits per heavy atom. The Kier molecular flexibility index (Phi) is 2.36. The Labute approximate surface area is 78.1 Å². The molecule has 1 fully saturated rings. The van der Waals surface area contributed by atoms with Crippen molar-refractivity contribution in [3.05, 3.63) is 12.2 Å². The van der Waals surface area contributed by atoms with Crippen LogP contribution in [-0.2, 0) is 9.53 Å². The lowest BCUT2D eigenvalue weighted by molar-refractivity contribution is -0.142. The van der Waals surface area contributed by atoms with Crippen LogP contribution in [0.5, 0.6) is 0 Å². The van der Waals surface area contributed by atoms with Gasteiger partial charge >= 0.3 is 5.97 Å². The molecule has 0 amide bonds. The second-order valence-electron chi connectivity index (χ2n) is 3.77. The van der Waals surface area contributed by atoms with Crippen LogP contribution in [0.25, 0.3) is 0 Å². The summed E-state index contributed by atoms with van der Waals surface area (Å²) >= 11 is 0. The number of esters is 1. The van der Waals surface area contributed by atoms with Crippen molar-refractivity contribution < 1.29 is 9.53 Å². The quantitative estimate of drug-likeness (QED) is 0.481. The van der Waals surface area contributed by atoms with Gasteiger partial charge in [-0.05, 0) is 25.2 Å². The number of hydrogen-bond acceptors (Lipinski definition) is 3. The minimum atomic E-state index is -0.122. The zero-order chi connectivity index (χ0) is 9.26. The molecule has 0 aromatic carbocycles. The first-order valence-corrected chi connectivity index (χ1v) is 4.82. The highest BCUT2D eigenvalue weighted by Gasteiger charge is 2.36. The highest BCUT2D eigenvalue weighted by Crippen LogP contribution is 2.29. The summed E-state index contributed by atoms with van der Waals surface area (Å²) in [5, 5.41) is 3.28. The summed E-state index contributed by atoms with van der Waals surface area (Å²) in [7, 11) is 1.45. The maximum atomic E-state index is 11.2. The number of hydrogen-bond donors (Lipinski definition) is 1. The van der Waals surface area contributed by atoms with Gasteiger partial charge in [-0.1, -0.05) is 12.2 Å². The molecule has 0 saturated carbocycles. The van der Waals surface area contributed by atoms with E-state index in [9.17, 15) is 4.79 Å². The summed E-state index contributed by atoms with van der Waals surface area (Å²) < 4.78 is 4.71. The van der Waals surface area contributed by atoms with Crippen molar-refractivity contribution in [1.29, 1.82) is 0 Å². The van der Waals surface area contributed by atoms with Gasteiger partial charge in [-0.2, -0.15) is 0 Å². The molecule has 72 valence electrons. The van der Waals surface area contributed by atoms with Gasteiger partial charge in [0.05, 0.1) is 7.11 Å². The van der Waals surface area contributed by atoms with Gasteiger partial charge in [0.15, 0.2) is 0 Å². The van der Waals surface area contributed by atoms with Gasteiger partial charge in [-0.15, -0.1) is 0 Å². The molecule has 3 nitrogen and oxygen atoms in total. The van der Waals surface area contributed by atoms with Crippen LogP contribution in [0.2, 0.25) is 0 Å². The number of methoxy groups -OCH3 is 1. The SMILES string of the molecule is COC(=O)[C@@H]1C[C@H]2CCC=CC2N1. The molecule has 13 heavy (non-hydrogen) atoms. The van der Waals surface area contributed by atoms with E-state index < -0.39 is 0 Å². The summed E-state index contributed by atoms with van der Waals surface area (Å²) in [5.41, 5.74) is 0. The van der Waals surface area contributed by atoms with Gasteiger partial charge in [0.1, 0.15) is 6.04 Å². The van der Waals surface area contributed by atoms with E-state index in [4.69, 9.17) is 4.74 Å². The molecule has 0 spiro atoms. The lowest BCUT2D eigenvalue weighted by Crippen LogP contribution is -2.36. The van der Waals surface area contributed by atoms with Crippen molar-refractivity contribution in [2.45, 2.75) is 31.3 Å². The highest BCUT2D eigenvalue weighted by atomic mass is 16.5. The Morgan fingerprint density at radius 1 is 1.62 bits per heavy atom. The summed E-state index contributed by atoms with van der Waals surface area (Å²) in [6.45, 7) is 0. The van der Waals surface area contributed by atoms with Crippen LogP contribution in [0.4, 0.5) is 0 Å². The fourth-order valence-corrected chi connectivity index (χ4v) is 2.26.